The minimum absolute atomic E-state index is 0.0538. The second kappa shape index (κ2) is 10.0. The first-order chi connectivity index (χ1) is 17.0. The fourth-order valence-corrected chi connectivity index (χ4v) is 3.46. The monoisotopic (exact) mass is 479 g/mol. The summed E-state index contributed by atoms with van der Waals surface area (Å²) >= 11 is 0. The molecule has 180 valence electrons. The topological polar surface area (TPSA) is 110 Å². The minimum Gasteiger partial charge on any atom is -0.465 e. The average molecular weight is 479 g/mol. The Labute approximate surface area is 200 Å². The molecule has 0 fully saturated rings. The number of anilines is 1. The van der Waals surface area contributed by atoms with E-state index in [2.05, 4.69) is 0 Å². The summed E-state index contributed by atoms with van der Waals surface area (Å²) < 4.78 is 31.5. The van der Waals surface area contributed by atoms with Crippen LogP contribution in [0.25, 0.3) is 0 Å². The van der Waals surface area contributed by atoms with E-state index in [0.29, 0.717) is 17.2 Å². The lowest BCUT2D eigenvalue weighted by molar-refractivity contribution is -0.139. The van der Waals surface area contributed by atoms with Crippen LogP contribution in [-0.2, 0) is 23.8 Å². The number of esters is 3. The number of carbonyl (C=O) groups is 3. The highest BCUT2D eigenvalue weighted by atomic mass is 16.7. The Morgan fingerprint density at radius 2 is 1.57 bits per heavy atom. The molecule has 0 radical (unpaired) electrons. The number of benzene rings is 2. The quantitative estimate of drug-likeness (QED) is 0.451. The molecule has 0 N–H and O–H groups in total. The van der Waals surface area contributed by atoms with Gasteiger partial charge in [0.15, 0.2) is 17.2 Å². The summed E-state index contributed by atoms with van der Waals surface area (Å²) in [6, 6.07) is 9.57. The van der Waals surface area contributed by atoms with Crippen LogP contribution in [0.3, 0.4) is 0 Å². The Morgan fingerprint density at radius 1 is 0.829 bits per heavy atom. The number of ether oxygens (including phenoxy) is 6. The molecule has 0 amide bonds. The third kappa shape index (κ3) is 4.67. The SMILES string of the molecule is COC(=O)C1=C(C(=O)OC)N(c2cc(C(=O)OC)ccc2Oc2ccc3c(c2)OCO3)C=CC=C1. The van der Waals surface area contributed by atoms with Crippen LogP contribution in [0.15, 0.2) is 72.1 Å². The van der Waals surface area contributed by atoms with Crippen LogP contribution >= 0.6 is 0 Å². The maximum absolute atomic E-state index is 12.8. The largest absolute Gasteiger partial charge is 0.465 e. The van der Waals surface area contributed by atoms with Gasteiger partial charge in [-0.3, -0.25) is 0 Å². The number of allylic oxidation sites excluding steroid dienone is 2. The molecule has 2 aliphatic rings. The molecule has 4 rings (SSSR count). The Hall–Kier alpha value is -4.73. The first kappa shape index (κ1) is 23.4. The Bertz CT molecular complexity index is 1280. The van der Waals surface area contributed by atoms with E-state index in [0.717, 1.165) is 0 Å². The van der Waals surface area contributed by atoms with Crippen molar-refractivity contribution in [2.45, 2.75) is 0 Å². The summed E-state index contributed by atoms with van der Waals surface area (Å²) in [5.41, 5.74) is 0.256. The summed E-state index contributed by atoms with van der Waals surface area (Å²) in [5, 5.41) is 0. The molecule has 0 bridgehead atoms. The van der Waals surface area contributed by atoms with E-state index in [1.165, 1.54) is 50.6 Å². The van der Waals surface area contributed by atoms with Crippen LogP contribution in [-0.4, -0.2) is 46.0 Å². The fraction of sp³-hybridized carbons (Fsp3) is 0.160. The van der Waals surface area contributed by atoms with Crippen molar-refractivity contribution in [3.63, 3.8) is 0 Å². The number of methoxy groups -OCH3 is 3. The summed E-state index contributed by atoms with van der Waals surface area (Å²) in [6.07, 6.45) is 6.13. The van der Waals surface area contributed by atoms with Crippen molar-refractivity contribution in [2.24, 2.45) is 0 Å². The predicted octanol–water partition coefficient (Wildman–Crippen LogP) is 3.48. The van der Waals surface area contributed by atoms with E-state index < -0.39 is 17.9 Å². The highest BCUT2D eigenvalue weighted by molar-refractivity contribution is 6.06. The number of nitrogens with zero attached hydrogens (tertiary/aromatic N) is 1. The summed E-state index contributed by atoms with van der Waals surface area (Å²) in [7, 11) is 3.65. The molecule has 35 heavy (non-hydrogen) atoms. The van der Waals surface area contributed by atoms with E-state index in [-0.39, 0.29) is 35.1 Å². The minimum atomic E-state index is -0.806. The van der Waals surface area contributed by atoms with Gasteiger partial charge in [0.05, 0.1) is 38.2 Å². The highest BCUT2D eigenvalue weighted by Gasteiger charge is 2.30. The predicted molar refractivity (Wildman–Crippen MR) is 122 cm³/mol. The van der Waals surface area contributed by atoms with Crippen LogP contribution in [0.4, 0.5) is 5.69 Å². The lowest BCUT2D eigenvalue weighted by Crippen LogP contribution is -2.27. The zero-order valence-electron chi connectivity index (χ0n) is 19.1. The van der Waals surface area contributed by atoms with Gasteiger partial charge >= 0.3 is 17.9 Å². The number of carbonyl (C=O) groups excluding carboxylic acids is 3. The molecule has 0 saturated carbocycles. The van der Waals surface area contributed by atoms with E-state index in [1.54, 1.807) is 36.4 Å². The van der Waals surface area contributed by atoms with Crippen molar-refractivity contribution < 1.29 is 42.8 Å². The number of hydrogen-bond donors (Lipinski definition) is 0. The first-order valence-corrected chi connectivity index (χ1v) is 10.3. The van der Waals surface area contributed by atoms with Gasteiger partial charge in [0.1, 0.15) is 11.4 Å². The van der Waals surface area contributed by atoms with Gasteiger partial charge in [-0.25, -0.2) is 14.4 Å². The molecule has 0 saturated heterocycles. The Kier molecular flexibility index (Phi) is 6.72. The van der Waals surface area contributed by atoms with Crippen LogP contribution < -0.4 is 19.1 Å². The average Bonchev–Trinajstić information content (AvgIpc) is 3.24. The molecule has 2 heterocycles. The fourth-order valence-electron chi connectivity index (χ4n) is 3.46. The third-order valence-corrected chi connectivity index (χ3v) is 5.10. The van der Waals surface area contributed by atoms with Gasteiger partial charge in [0.2, 0.25) is 6.79 Å². The Balaban J connectivity index is 1.87. The molecule has 0 atom stereocenters. The first-order valence-electron chi connectivity index (χ1n) is 10.3. The smallest absolute Gasteiger partial charge is 0.355 e. The number of rotatable bonds is 6. The number of fused-ring (bicyclic) bond motifs is 1. The molecule has 0 aliphatic carbocycles. The molecule has 2 aromatic carbocycles. The molecule has 10 nitrogen and oxygen atoms in total. The normalized spacial score (nSPS) is 13.9. The van der Waals surface area contributed by atoms with Crippen LogP contribution in [0, 0.1) is 0 Å². The van der Waals surface area contributed by atoms with E-state index in [4.69, 9.17) is 28.4 Å². The standard InChI is InChI=1S/C25H21NO9/c1-30-23(27)15-7-9-19(35-16-8-10-20-21(13-16)34-14-33-20)18(12-15)26-11-5-4-6-17(24(28)31-2)22(26)25(29)32-3/h4-13H,14H2,1-3H3. The van der Waals surface area contributed by atoms with Gasteiger partial charge in [-0.1, -0.05) is 6.08 Å². The van der Waals surface area contributed by atoms with E-state index in [1.807, 2.05) is 0 Å². The molecular formula is C25H21NO9. The van der Waals surface area contributed by atoms with Gasteiger partial charge in [-0.15, -0.1) is 0 Å². The van der Waals surface area contributed by atoms with Crippen molar-refractivity contribution in [1.82, 2.24) is 0 Å². The summed E-state index contributed by atoms with van der Waals surface area (Å²) in [4.78, 5) is 39.0. The van der Waals surface area contributed by atoms with Crippen molar-refractivity contribution in [3.8, 4) is 23.0 Å². The zero-order valence-corrected chi connectivity index (χ0v) is 19.1. The van der Waals surface area contributed by atoms with Gasteiger partial charge in [-0.05, 0) is 42.5 Å². The van der Waals surface area contributed by atoms with Crippen LogP contribution in [0.5, 0.6) is 23.0 Å². The van der Waals surface area contributed by atoms with Gasteiger partial charge in [0, 0.05) is 12.3 Å². The van der Waals surface area contributed by atoms with E-state index >= 15 is 0 Å². The molecule has 0 unspecified atom stereocenters. The molecule has 2 aliphatic heterocycles. The highest BCUT2D eigenvalue weighted by Crippen LogP contribution is 2.41. The summed E-state index contributed by atoms with van der Waals surface area (Å²) in [5.74, 6) is -0.397. The zero-order chi connectivity index (χ0) is 24.9. The van der Waals surface area contributed by atoms with Crippen molar-refractivity contribution >= 4 is 23.6 Å². The number of hydrogen-bond acceptors (Lipinski definition) is 10. The van der Waals surface area contributed by atoms with Gasteiger partial charge in [0.25, 0.3) is 0 Å². The summed E-state index contributed by atoms with van der Waals surface area (Å²) in [6.45, 7) is 0.104. The molecule has 0 spiro atoms. The van der Waals surface area contributed by atoms with Crippen molar-refractivity contribution in [3.05, 3.63) is 77.7 Å². The lowest BCUT2D eigenvalue weighted by Gasteiger charge is -2.25. The van der Waals surface area contributed by atoms with Crippen LogP contribution in [0.1, 0.15) is 10.4 Å². The van der Waals surface area contributed by atoms with E-state index in [9.17, 15) is 14.4 Å². The lowest BCUT2D eigenvalue weighted by atomic mass is 10.1. The maximum atomic E-state index is 12.8. The van der Waals surface area contributed by atoms with Gasteiger partial charge in [-0.2, -0.15) is 0 Å². The Morgan fingerprint density at radius 3 is 2.31 bits per heavy atom. The second-order valence-electron chi connectivity index (χ2n) is 7.11. The molecule has 10 heteroatoms. The molecular weight excluding hydrogens is 458 g/mol. The second-order valence-corrected chi connectivity index (χ2v) is 7.11. The van der Waals surface area contributed by atoms with Crippen molar-refractivity contribution in [1.29, 1.82) is 0 Å². The third-order valence-electron chi connectivity index (χ3n) is 5.10. The molecule has 0 aromatic heterocycles. The molecule has 2 aromatic rings. The van der Waals surface area contributed by atoms with Crippen LogP contribution in [0.2, 0.25) is 0 Å². The maximum Gasteiger partial charge on any atom is 0.355 e. The van der Waals surface area contributed by atoms with Crippen molar-refractivity contribution in [2.75, 3.05) is 33.0 Å². The van der Waals surface area contributed by atoms with Gasteiger partial charge < -0.3 is 33.3 Å².